The lowest BCUT2D eigenvalue weighted by Gasteiger charge is -2.10. The molecule has 0 saturated heterocycles. The number of ether oxygens (including phenoxy) is 1. The molecule has 98 valence electrons. The van der Waals surface area contributed by atoms with E-state index in [1.165, 1.54) is 0 Å². The van der Waals surface area contributed by atoms with Crippen LogP contribution in [-0.2, 0) is 17.7 Å². The highest BCUT2D eigenvalue weighted by Gasteiger charge is 2.28. The van der Waals surface area contributed by atoms with E-state index in [-0.39, 0.29) is 13.2 Å². The number of halogens is 3. The Morgan fingerprint density at radius 2 is 2.00 bits per heavy atom. The second-order valence-corrected chi connectivity index (χ2v) is 4.01. The van der Waals surface area contributed by atoms with Gasteiger partial charge in [-0.05, 0) is 23.4 Å². The van der Waals surface area contributed by atoms with Crippen molar-refractivity contribution in [1.29, 1.82) is 0 Å². The molecule has 1 aromatic carbocycles. The molecule has 2 nitrogen and oxygen atoms in total. The van der Waals surface area contributed by atoms with Gasteiger partial charge in [-0.1, -0.05) is 25.1 Å². The van der Waals surface area contributed by atoms with Gasteiger partial charge in [0.1, 0.15) is 0 Å². The Bertz CT molecular complexity index is 531. The minimum atomic E-state index is -4.56. The zero-order valence-corrected chi connectivity index (χ0v) is 10.00. The normalized spacial score (nSPS) is 12.2. The third-order valence-electron chi connectivity index (χ3n) is 2.85. The summed E-state index contributed by atoms with van der Waals surface area (Å²) in [4.78, 5) is 0. The molecule has 18 heavy (non-hydrogen) atoms. The maximum atomic E-state index is 11.9. The van der Waals surface area contributed by atoms with Gasteiger partial charge in [0.2, 0.25) is 0 Å². The molecular formula is C13H14F3NO. The fraction of sp³-hybridized carbons (Fsp3) is 0.385. The van der Waals surface area contributed by atoms with Gasteiger partial charge in [-0.15, -0.1) is 13.2 Å². The average Bonchev–Trinajstić information content (AvgIpc) is 2.71. The van der Waals surface area contributed by atoms with Gasteiger partial charge in [-0.2, -0.15) is 0 Å². The minimum Gasteiger partial charge on any atom is -0.345 e. The summed E-state index contributed by atoms with van der Waals surface area (Å²) in [5, 5.41) is 1.04. The van der Waals surface area contributed by atoms with Gasteiger partial charge in [-0.3, -0.25) is 4.74 Å². The van der Waals surface area contributed by atoms with Crippen molar-refractivity contribution in [2.75, 3.05) is 6.61 Å². The topological polar surface area (TPSA) is 14.2 Å². The Labute approximate surface area is 103 Å². The fourth-order valence-electron chi connectivity index (χ4n) is 2.07. The van der Waals surface area contributed by atoms with Crippen LogP contribution in [0.25, 0.3) is 10.9 Å². The maximum absolute atomic E-state index is 11.9. The van der Waals surface area contributed by atoms with Crippen LogP contribution in [0.15, 0.2) is 30.5 Å². The Morgan fingerprint density at radius 1 is 1.22 bits per heavy atom. The Balaban J connectivity index is 2.18. The number of fused-ring (bicyclic) bond motifs is 1. The third kappa shape index (κ3) is 2.85. The number of aromatic nitrogens is 1. The largest absolute Gasteiger partial charge is 0.522 e. The molecule has 0 aliphatic heterocycles. The molecular weight excluding hydrogens is 243 g/mol. The molecule has 0 bridgehead atoms. The molecule has 0 atom stereocenters. The van der Waals surface area contributed by atoms with E-state index in [0.717, 1.165) is 22.9 Å². The highest BCUT2D eigenvalue weighted by molar-refractivity contribution is 5.83. The zero-order valence-electron chi connectivity index (χ0n) is 10.00. The van der Waals surface area contributed by atoms with Crippen molar-refractivity contribution in [2.45, 2.75) is 26.3 Å². The molecule has 0 unspecified atom stereocenters. The van der Waals surface area contributed by atoms with Gasteiger partial charge < -0.3 is 4.57 Å². The Morgan fingerprint density at radius 3 is 2.67 bits per heavy atom. The van der Waals surface area contributed by atoms with Gasteiger partial charge >= 0.3 is 6.36 Å². The standard InChI is InChI=1S/C13H14F3NO/c1-2-10-4-3-5-11-6-7-17(12(10)11)8-9-18-13(14,15)16/h3-7H,2,8-9H2,1H3. The molecule has 0 N–H and O–H groups in total. The van der Waals surface area contributed by atoms with Crippen molar-refractivity contribution in [2.24, 2.45) is 0 Å². The summed E-state index contributed by atoms with van der Waals surface area (Å²) in [6.07, 6.45) is -1.92. The number of alkyl halides is 3. The molecule has 2 rings (SSSR count). The summed E-state index contributed by atoms with van der Waals surface area (Å²) in [5.41, 5.74) is 2.12. The Hall–Kier alpha value is -1.49. The van der Waals surface area contributed by atoms with Crippen molar-refractivity contribution in [3.05, 3.63) is 36.0 Å². The first-order chi connectivity index (χ1) is 8.51. The number of aryl methyl sites for hydroxylation is 1. The molecule has 0 spiro atoms. The number of rotatable bonds is 4. The highest BCUT2D eigenvalue weighted by Crippen LogP contribution is 2.21. The van der Waals surface area contributed by atoms with Crippen LogP contribution in [0.4, 0.5) is 13.2 Å². The van der Waals surface area contributed by atoms with Crippen molar-refractivity contribution in [3.8, 4) is 0 Å². The number of nitrogens with zero attached hydrogens (tertiary/aromatic N) is 1. The van der Waals surface area contributed by atoms with Crippen LogP contribution >= 0.6 is 0 Å². The summed E-state index contributed by atoms with van der Waals surface area (Å²) in [5.74, 6) is 0. The summed E-state index contributed by atoms with van der Waals surface area (Å²) < 4.78 is 41.3. The molecule has 0 saturated carbocycles. The molecule has 1 aromatic heterocycles. The van der Waals surface area contributed by atoms with E-state index in [0.29, 0.717) is 0 Å². The first kappa shape index (κ1) is 13.0. The van der Waals surface area contributed by atoms with Gasteiger partial charge in [0.05, 0.1) is 12.1 Å². The number of para-hydroxylation sites is 1. The smallest absolute Gasteiger partial charge is 0.345 e. The number of benzene rings is 1. The van der Waals surface area contributed by atoms with Gasteiger partial charge in [0, 0.05) is 12.7 Å². The monoisotopic (exact) mass is 257 g/mol. The molecule has 0 amide bonds. The van der Waals surface area contributed by atoms with E-state index in [1.54, 1.807) is 10.8 Å². The van der Waals surface area contributed by atoms with Crippen molar-refractivity contribution >= 4 is 10.9 Å². The predicted molar refractivity (Wildman–Crippen MR) is 63.3 cm³/mol. The number of hydrogen-bond acceptors (Lipinski definition) is 1. The molecule has 0 aliphatic rings. The van der Waals surface area contributed by atoms with E-state index in [2.05, 4.69) is 4.74 Å². The SMILES string of the molecule is CCc1cccc2ccn(CCOC(F)(F)F)c12. The second-order valence-electron chi connectivity index (χ2n) is 4.01. The van der Waals surface area contributed by atoms with E-state index in [9.17, 15) is 13.2 Å². The predicted octanol–water partition coefficient (Wildman–Crippen LogP) is 3.74. The first-order valence-electron chi connectivity index (χ1n) is 5.78. The quantitative estimate of drug-likeness (QED) is 0.813. The summed E-state index contributed by atoms with van der Waals surface area (Å²) in [7, 11) is 0. The van der Waals surface area contributed by atoms with E-state index < -0.39 is 6.36 Å². The molecule has 1 heterocycles. The number of hydrogen-bond donors (Lipinski definition) is 0. The fourth-order valence-corrected chi connectivity index (χ4v) is 2.07. The van der Waals surface area contributed by atoms with Crippen LogP contribution in [0, 0.1) is 0 Å². The summed E-state index contributed by atoms with van der Waals surface area (Å²) in [6.45, 7) is 1.85. The van der Waals surface area contributed by atoms with Crippen LogP contribution in [-0.4, -0.2) is 17.5 Å². The van der Waals surface area contributed by atoms with Gasteiger partial charge in [0.15, 0.2) is 0 Å². The van der Waals surface area contributed by atoms with E-state index >= 15 is 0 Å². The van der Waals surface area contributed by atoms with Crippen LogP contribution in [0.5, 0.6) is 0 Å². The lowest BCUT2D eigenvalue weighted by molar-refractivity contribution is -0.325. The molecule has 2 aromatic rings. The van der Waals surface area contributed by atoms with Crippen LogP contribution in [0.1, 0.15) is 12.5 Å². The zero-order chi connectivity index (χ0) is 13.2. The second kappa shape index (κ2) is 5.02. The van der Waals surface area contributed by atoms with Crippen LogP contribution in [0.3, 0.4) is 0 Å². The lowest BCUT2D eigenvalue weighted by Crippen LogP contribution is -2.17. The highest BCUT2D eigenvalue weighted by atomic mass is 19.4. The van der Waals surface area contributed by atoms with Crippen molar-refractivity contribution in [3.63, 3.8) is 0 Å². The van der Waals surface area contributed by atoms with Gasteiger partial charge in [-0.25, -0.2) is 0 Å². The van der Waals surface area contributed by atoms with Crippen LogP contribution in [0.2, 0.25) is 0 Å². The summed E-state index contributed by atoms with van der Waals surface area (Å²) in [6, 6.07) is 7.80. The summed E-state index contributed by atoms with van der Waals surface area (Å²) >= 11 is 0. The minimum absolute atomic E-state index is 0.194. The van der Waals surface area contributed by atoms with E-state index in [1.807, 2.05) is 31.2 Å². The molecule has 5 heteroatoms. The van der Waals surface area contributed by atoms with E-state index in [4.69, 9.17) is 0 Å². The van der Waals surface area contributed by atoms with Crippen molar-refractivity contribution < 1.29 is 17.9 Å². The Kier molecular flexibility index (Phi) is 3.61. The third-order valence-corrected chi connectivity index (χ3v) is 2.85. The van der Waals surface area contributed by atoms with Gasteiger partial charge in [0.25, 0.3) is 0 Å². The first-order valence-corrected chi connectivity index (χ1v) is 5.78. The lowest BCUT2D eigenvalue weighted by atomic mass is 10.1. The molecule has 0 aliphatic carbocycles. The van der Waals surface area contributed by atoms with Crippen LogP contribution < -0.4 is 0 Å². The van der Waals surface area contributed by atoms with Crippen molar-refractivity contribution in [1.82, 2.24) is 4.57 Å². The average molecular weight is 257 g/mol. The molecule has 0 radical (unpaired) electrons. The maximum Gasteiger partial charge on any atom is 0.522 e. The molecule has 0 fully saturated rings.